The van der Waals surface area contributed by atoms with E-state index in [2.05, 4.69) is 52.3 Å². The van der Waals surface area contributed by atoms with E-state index in [9.17, 15) is 4.79 Å². The molecule has 4 nitrogen and oxygen atoms in total. The Balaban J connectivity index is 1.71. The number of ether oxygens (including phenoxy) is 1. The van der Waals surface area contributed by atoms with E-state index in [1.165, 1.54) is 28.2 Å². The van der Waals surface area contributed by atoms with Crippen molar-refractivity contribution in [2.45, 2.75) is 26.3 Å². The van der Waals surface area contributed by atoms with E-state index in [0.717, 1.165) is 19.5 Å². The van der Waals surface area contributed by atoms with Gasteiger partial charge in [-0.1, -0.05) is 30.3 Å². The molecule has 2 aliphatic heterocycles. The number of hydrogen-bond donors (Lipinski definition) is 0. The lowest BCUT2D eigenvalue weighted by Crippen LogP contribution is -2.26. The van der Waals surface area contributed by atoms with E-state index in [4.69, 9.17) is 4.74 Å². The van der Waals surface area contributed by atoms with Crippen LogP contribution in [0.25, 0.3) is 0 Å². The third-order valence-electron chi connectivity index (χ3n) is 4.84. The number of rotatable bonds is 4. The van der Waals surface area contributed by atoms with Gasteiger partial charge in [-0.05, 0) is 36.6 Å². The van der Waals surface area contributed by atoms with E-state index < -0.39 is 0 Å². The Morgan fingerprint density at radius 1 is 1.08 bits per heavy atom. The summed E-state index contributed by atoms with van der Waals surface area (Å²) in [6.45, 7) is 4.81. The maximum Gasteiger partial charge on any atom is 0.307 e. The molecule has 0 radical (unpaired) electrons. The summed E-state index contributed by atoms with van der Waals surface area (Å²) in [6, 6.07) is 15.1. The lowest BCUT2D eigenvalue weighted by atomic mass is 10.1. The largest absolute Gasteiger partial charge is 0.466 e. The van der Waals surface area contributed by atoms with Crippen molar-refractivity contribution in [1.29, 1.82) is 0 Å². The zero-order valence-electron chi connectivity index (χ0n) is 14.0. The van der Waals surface area contributed by atoms with Crippen molar-refractivity contribution in [2.24, 2.45) is 0 Å². The highest BCUT2D eigenvalue weighted by Gasteiger charge is 2.30. The van der Waals surface area contributed by atoms with Crippen LogP contribution in [0.5, 0.6) is 0 Å². The smallest absolute Gasteiger partial charge is 0.307 e. The fraction of sp³-hybridized carbons (Fsp3) is 0.350. The van der Waals surface area contributed by atoms with Gasteiger partial charge in [-0.25, -0.2) is 0 Å². The van der Waals surface area contributed by atoms with E-state index in [0.29, 0.717) is 19.6 Å². The number of carbonyl (C=O) groups excluding carboxylic acids is 1. The maximum atomic E-state index is 11.8. The van der Waals surface area contributed by atoms with Gasteiger partial charge in [0.1, 0.15) is 0 Å². The zero-order chi connectivity index (χ0) is 16.5. The van der Waals surface area contributed by atoms with Gasteiger partial charge in [0.2, 0.25) is 0 Å². The number of fused-ring (bicyclic) bond motifs is 2. The molecular weight excluding hydrogens is 300 g/mol. The van der Waals surface area contributed by atoms with Crippen LogP contribution in [0.15, 0.2) is 42.5 Å². The van der Waals surface area contributed by atoms with Crippen molar-refractivity contribution in [3.05, 3.63) is 53.6 Å². The molecule has 0 spiro atoms. The van der Waals surface area contributed by atoms with Gasteiger partial charge in [-0.15, -0.1) is 0 Å². The van der Waals surface area contributed by atoms with Gasteiger partial charge in [-0.3, -0.25) is 4.79 Å². The Hall–Kier alpha value is -2.49. The first kappa shape index (κ1) is 15.1. The van der Waals surface area contributed by atoms with Gasteiger partial charge >= 0.3 is 5.97 Å². The first-order chi connectivity index (χ1) is 11.8. The molecule has 0 atom stereocenters. The molecule has 2 aliphatic rings. The molecule has 24 heavy (non-hydrogen) atoms. The van der Waals surface area contributed by atoms with Crippen LogP contribution in [-0.4, -0.2) is 25.7 Å². The Kier molecular flexibility index (Phi) is 3.89. The average molecular weight is 322 g/mol. The predicted molar refractivity (Wildman–Crippen MR) is 95.9 cm³/mol. The molecule has 0 aliphatic carbocycles. The second kappa shape index (κ2) is 6.19. The van der Waals surface area contributed by atoms with Crippen LogP contribution in [-0.2, 0) is 22.5 Å². The topological polar surface area (TPSA) is 32.8 Å². The van der Waals surface area contributed by atoms with Crippen LogP contribution in [0.2, 0.25) is 0 Å². The monoisotopic (exact) mass is 322 g/mol. The number of nitrogens with zero attached hydrogens (tertiary/aromatic N) is 2. The maximum absolute atomic E-state index is 11.8. The normalized spacial score (nSPS) is 14.9. The lowest BCUT2D eigenvalue weighted by molar-refractivity contribution is -0.142. The third-order valence-corrected chi connectivity index (χ3v) is 4.84. The molecule has 0 N–H and O–H groups in total. The van der Waals surface area contributed by atoms with Crippen LogP contribution in [0, 0.1) is 0 Å². The van der Waals surface area contributed by atoms with Crippen LogP contribution >= 0.6 is 0 Å². The summed E-state index contributed by atoms with van der Waals surface area (Å²) in [5.41, 5.74) is 6.57. The minimum atomic E-state index is -0.128. The van der Waals surface area contributed by atoms with Gasteiger partial charge in [0.15, 0.2) is 0 Å². The molecule has 2 aromatic carbocycles. The second-order valence-electron chi connectivity index (χ2n) is 6.29. The SMILES string of the molecule is CCOC(=O)CCN1Cc2cccc3c2N(CC3)c2ccccc21. The predicted octanol–water partition coefficient (Wildman–Crippen LogP) is 3.65. The molecule has 0 saturated carbocycles. The third kappa shape index (κ3) is 2.52. The van der Waals surface area contributed by atoms with Crippen molar-refractivity contribution in [3.8, 4) is 0 Å². The fourth-order valence-electron chi connectivity index (χ4n) is 3.82. The average Bonchev–Trinajstić information content (AvgIpc) is 2.97. The van der Waals surface area contributed by atoms with Crippen LogP contribution < -0.4 is 9.80 Å². The van der Waals surface area contributed by atoms with Crippen molar-refractivity contribution < 1.29 is 9.53 Å². The molecule has 124 valence electrons. The Morgan fingerprint density at radius 2 is 1.88 bits per heavy atom. The molecule has 0 unspecified atom stereocenters. The first-order valence-corrected chi connectivity index (χ1v) is 8.66. The number of para-hydroxylation sites is 3. The summed E-state index contributed by atoms with van der Waals surface area (Å²) in [6.07, 6.45) is 1.51. The number of esters is 1. The number of anilines is 3. The Labute approximate surface area is 142 Å². The molecule has 0 bridgehead atoms. The molecule has 0 saturated heterocycles. The van der Waals surface area contributed by atoms with E-state index in [1.54, 1.807) is 0 Å². The molecule has 0 aromatic heterocycles. The van der Waals surface area contributed by atoms with Gasteiger partial charge in [0, 0.05) is 25.3 Å². The zero-order valence-corrected chi connectivity index (χ0v) is 14.0. The summed E-state index contributed by atoms with van der Waals surface area (Å²) < 4.78 is 5.10. The summed E-state index contributed by atoms with van der Waals surface area (Å²) in [7, 11) is 0. The van der Waals surface area contributed by atoms with E-state index in [1.807, 2.05) is 6.92 Å². The van der Waals surface area contributed by atoms with E-state index >= 15 is 0 Å². The van der Waals surface area contributed by atoms with Crippen LogP contribution in [0.1, 0.15) is 24.5 Å². The van der Waals surface area contributed by atoms with Gasteiger partial charge < -0.3 is 14.5 Å². The molecule has 0 amide bonds. The molecule has 4 heteroatoms. The van der Waals surface area contributed by atoms with Crippen molar-refractivity contribution in [3.63, 3.8) is 0 Å². The molecular formula is C20H22N2O2. The van der Waals surface area contributed by atoms with Crippen molar-refractivity contribution in [1.82, 2.24) is 0 Å². The first-order valence-electron chi connectivity index (χ1n) is 8.66. The highest BCUT2D eigenvalue weighted by atomic mass is 16.5. The molecule has 0 fully saturated rings. The highest BCUT2D eigenvalue weighted by Crippen LogP contribution is 2.45. The van der Waals surface area contributed by atoms with E-state index in [-0.39, 0.29) is 5.97 Å². The lowest BCUT2D eigenvalue weighted by Gasteiger charge is -2.26. The van der Waals surface area contributed by atoms with Gasteiger partial charge in [-0.2, -0.15) is 0 Å². The Morgan fingerprint density at radius 3 is 2.71 bits per heavy atom. The van der Waals surface area contributed by atoms with Gasteiger partial charge in [0.05, 0.1) is 24.4 Å². The minimum absolute atomic E-state index is 0.128. The summed E-state index contributed by atoms with van der Waals surface area (Å²) in [4.78, 5) is 16.5. The Bertz CT molecular complexity index is 772. The minimum Gasteiger partial charge on any atom is -0.466 e. The fourth-order valence-corrected chi connectivity index (χ4v) is 3.82. The molecule has 2 heterocycles. The summed E-state index contributed by atoms with van der Waals surface area (Å²) >= 11 is 0. The summed E-state index contributed by atoms with van der Waals surface area (Å²) in [5, 5.41) is 0. The van der Waals surface area contributed by atoms with Crippen molar-refractivity contribution in [2.75, 3.05) is 29.5 Å². The van der Waals surface area contributed by atoms with Crippen molar-refractivity contribution >= 4 is 23.0 Å². The standard InChI is InChI=1S/C20H22N2O2/c1-2-24-19(23)11-12-21-14-16-7-5-6-15-10-13-22(20(15)16)18-9-4-3-8-17(18)21/h3-9H,2,10-14H2,1H3. The number of carbonyl (C=O) groups is 1. The van der Waals surface area contributed by atoms with Gasteiger partial charge in [0.25, 0.3) is 0 Å². The van der Waals surface area contributed by atoms with Crippen LogP contribution in [0.3, 0.4) is 0 Å². The summed E-state index contributed by atoms with van der Waals surface area (Å²) in [5.74, 6) is -0.128. The quantitative estimate of drug-likeness (QED) is 0.804. The molecule has 4 rings (SSSR count). The second-order valence-corrected chi connectivity index (χ2v) is 6.29. The highest BCUT2D eigenvalue weighted by molar-refractivity contribution is 5.84. The number of hydrogen-bond acceptors (Lipinski definition) is 4. The molecule has 2 aromatic rings. The van der Waals surface area contributed by atoms with Crippen LogP contribution in [0.4, 0.5) is 17.1 Å². The number of benzene rings is 2.